The van der Waals surface area contributed by atoms with Gasteiger partial charge in [0.2, 0.25) is 5.91 Å². The van der Waals surface area contributed by atoms with Gasteiger partial charge in [-0.1, -0.05) is 12.1 Å². The topological polar surface area (TPSA) is 57.6 Å². The number of aliphatic hydroxyl groups is 1. The van der Waals surface area contributed by atoms with Crippen LogP contribution in [0.15, 0.2) is 24.3 Å². The van der Waals surface area contributed by atoms with E-state index in [2.05, 4.69) is 0 Å². The van der Waals surface area contributed by atoms with Crippen LogP contribution >= 0.6 is 0 Å². The molecule has 1 aliphatic rings. The van der Waals surface area contributed by atoms with Gasteiger partial charge in [-0.05, 0) is 30.9 Å². The monoisotopic (exact) mass is 293 g/mol. The quantitative estimate of drug-likeness (QED) is 0.845. The number of piperidine rings is 1. The molecule has 114 valence electrons. The Labute approximate surface area is 123 Å². The first kappa shape index (κ1) is 15.6. The van der Waals surface area contributed by atoms with Crippen molar-refractivity contribution in [3.63, 3.8) is 0 Å². The molecule has 1 aromatic carbocycles. The highest BCUT2D eigenvalue weighted by atomic mass is 19.1. The van der Waals surface area contributed by atoms with Crippen LogP contribution in [0.3, 0.4) is 0 Å². The number of ketones is 1. The van der Waals surface area contributed by atoms with E-state index in [1.54, 1.807) is 11.0 Å². The first-order chi connectivity index (χ1) is 10.1. The van der Waals surface area contributed by atoms with Crippen molar-refractivity contribution in [1.29, 1.82) is 0 Å². The number of likely N-dealkylation sites (tertiary alicyclic amines) is 1. The zero-order valence-electron chi connectivity index (χ0n) is 11.9. The fraction of sp³-hybridized carbons (Fsp3) is 0.500. The van der Waals surface area contributed by atoms with E-state index in [1.165, 1.54) is 18.2 Å². The van der Waals surface area contributed by atoms with Crippen LogP contribution in [0.4, 0.5) is 4.39 Å². The molecule has 2 rings (SSSR count). The predicted octanol–water partition coefficient (Wildman–Crippen LogP) is 2.02. The molecule has 1 N–H and O–H groups in total. The highest BCUT2D eigenvalue weighted by molar-refractivity contribution is 5.98. The van der Waals surface area contributed by atoms with Gasteiger partial charge >= 0.3 is 0 Å². The molecule has 1 aromatic rings. The van der Waals surface area contributed by atoms with E-state index in [9.17, 15) is 14.0 Å². The Morgan fingerprint density at radius 2 is 2.05 bits per heavy atom. The number of nitrogens with zero attached hydrogens (tertiary/aromatic N) is 1. The maximum Gasteiger partial charge on any atom is 0.223 e. The van der Waals surface area contributed by atoms with E-state index in [4.69, 9.17) is 5.11 Å². The summed E-state index contributed by atoms with van der Waals surface area (Å²) in [6.07, 6.45) is 1.90. The molecular formula is C16H20FNO3. The van der Waals surface area contributed by atoms with E-state index in [-0.39, 0.29) is 42.6 Å². The summed E-state index contributed by atoms with van der Waals surface area (Å²) < 4.78 is 13.5. The first-order valence-corrected chi connectivity index (χ1v) is 7.28. The molecule has 5 heteroatoms. The van der Waals surface area contributed by atoms with Crippen molar-refractivity contribution in [2.45, 2.75) is 25.7 Å². The fourth-order valence-corrected chi connectivity index (χ4v) is 2.64. The molecule has 1 amide bonds. The molecule has 21 heavy (non-hydrogen) atoms. The summed E-state index contributed by atoms with van der Waals surface area (Å²) in [6.45, 7) is 1.30. The summed E-state index contributed by atoms with van der Waals surface area (Å²) in [5, 5.41) is 9.15. The number of Topliss-reactive ketones (excluding diaryl/α,β-unsaturated/α-hetero) is 1. The molecule has 1 unspecified atom stereocenters. The minimum absolute atomic E-state index is 0.0139. The standard InChI is InChI=1S/C16H20FNO3/c17-14-6-2-1-5-13(14)15(20)7-8-16(21)18-9-3-4-12(10-18)11-19/h1-2,5-6,12,19H,3-4,7-11H2. The lowest BCUT2D eigenvalue weighted by molar-refractivity contribution is -0.133. The van der Waals surface area contributed by atoms with Crippen molar-refractivity contribution in [2.75, 3.05) is 19.7 Å². The number of amides is 1. The molecular weight excluding hydrogens is 273 g/mol. The second-order valence-electron chi connectivity index (χ2n) is 5.43. The van der Waals surface area contributed by atoms with Crippen LogP contribution in [0, 0.1) is 11.7 Å². The molecule has 0 saturated carbocycles. The number of carbonyl (C=O) groups excluding carboxylic acids is 2. The van der Waals surface area contributed by atoms with Crippen LogP contribution in [0.25, 0.3) is 0 Å². The molecule has 1 fully saturated rings. The van der Waals surface area contributed by atoms with Gasteiger partial charge in [-0.25, -0.2) is 4.39 Å². The van der Waals surface area contributed by atoms with Crippen molar-refractivity contribution in [2.24, 2.45) is 5.92 Å². The van der Waals surface area contributed by atoms with Crippen LogP contribution in [0.5, 0.6) is 0 Å². The Balaban J connectivity index is 1.86. The summed E-state index contributed by atoms with van der Waals surface area (Å²) in [5.74, 6) is -0.867. The number of carbonyl (C=O) groups is 2. The lowest BCUT2D eigenvalue weighted by Gasteiger charge is -2.31. The largest absolute Gasteiger partial charge is 0.396 e. The normalized spacial score (nSPS) is 18.6. The summed E-state index contributed by atoms with van der Waals surface area (Å²) >= 11 is 0. The molecule has 4 nitrogen and oxygen atoms in total. The minimum Gasteiger partial charge on any atom is -0.396 e. The van der Waals surface area contributed by atoms with E-state index in [0.29, 0.717) is 13.1 Å². The second-order valence-corrected chi connectivity index (χ2v) is 5.43. The number of rotatable bonds is 5. The van der Waals surface area contributed by atoms with Crippen molar-refractivity contribution in [3.8, 4) is 0 Å². The maximum absolute atomic E-state index is 13.5. The van der Waals surface area contributed by atoms with Gasteiger partial charge < -0.3 is 10.0 Å². The summed E-state index contributed by atoms with van der Waals surface area (Å²) in [5.41, 5.74) is 0.0391. The highest BCUT2D eigenvalue weighted by Gasteiger charge is 2.23. The van der Waals surface area contributed by atoms with Crippen molar-refractivity contribution in [1.82, 2.24) is 4.90 Å². The molecule has 0 aromatic heterocycles. The maximum atomic E-state index is 13.5. The van der Waals surface area contributed by atoms with Crippen LogP contribution in [0.2, 0.25) is 0 Å². The van der Waals surface area contributed by atoms with Crippen molar-refractivity contribution >= 4 is 11.7 Å². The number of hydrogen-bond donors (Lipinski definition) is 1. The SMILES string of the molecule is O=C(CCC(=O)N1CCCC(CO)C1)c1ccccc1F. The summed E-state index contributed by atoms with van der Waals surface area (Å²) in [4.78, 5) is 25.7. The lowest BCUT2D eigenvalue weighted by atomic mass is 9.98. The van der Waals surface area contributed by atoms with Gasteiger partial charge in [0.25, 0.3) is 0 Å². The third-order valence-corrected chi connectivity index (χ3v) is 3.87. The Bertz CT molecular complexity index is 518. The van der Waals surface area contributed by atoms with E-state index in [0.717, 1.165) is 12.8 Å². The summed E-state index contributed by atoms with van der Waals surface area (Å²) in [7, 11) is 0. The second kappa shape index (κ2) is 7.31. The average molecular weight is 293 g/mol. The molecule has 1 heterocycles. The van der Waals surface area contributed by atoms with Crippen LogP contribution < -0.4 is 0 Å². The van der Waals surface area contributed by atoms with Gasteiger partial charge in [0.05, 0.1) is 5.56 Å². The summed E-state index contributed by atoms with van der Waals surface area (Å²) in [6, 6.07) is 5.81. The number of halogens is 1. The fourth-order valence-electron chi connectivity index (χ4n) is 2.64. The first-order valence-electron chi connectivity index (χ1n) is 7.28. The van der Waals surface area contributed by atoms with Crippen LogP contribution in [-0.2, 0) is 4.79 Å². The van der Waals surface area contributed by atoms with Gasteiger partial charge in [0.15, 0.2) is 5.78 Å². The molecule has 1 atom stereocenters. The van der Waals surface area contributed by atoms with Gasteiger partial charge in [-0.3, -0.25) is 9.59 Å². The third-order valence-electron chi connectivity index (χ3n) is 3.87. The zero-order valence-corrected chi connectivity index (χ0v) is 11.9. The minimum atomic E-state index is -0.548. The molecule has 0 radical (unpaired) electrons. The third kappa shape index (κ3) is 4.11. The van der Waals surface area contributed by atoms with Gasteiger partial charge in [0.1, 0.15) is 5.82 Å². The smallest absolute Gasteiger partial charge is 0.223 e. The van der Waals surface area contributed by atoms with Gasteiger partial charge in [-0.15, -0.1) is 0 Å². The Kier molecular flexibility index (Phi) is 5.44. The van der Waals surface area contributed by atoms with E-state index >= 15 is 0 Å². The van der Waals surface area contributed by atoms with Gasteiger partial charge in [-0.2, -0.15) is 0 Å². The Hall–Kier alpha value is -1.75. The Morgan fingerprint density at radius 3 is 2.76 bits per heavy atom. The Morgan fingerprint density at radius 1 is 1.29 bits per heavy atom. The highest BCUT2D eigenvalue weighted by Crippen LogP contribution is 2.17. The number of hydrogen-bond acceptors (Lipinski definition) is 3. The van der Waals surface area contributed by atoms with E-state index < -0.39 is 5.82 Å². The molecule has 0 bridgehead atoms. The van der Waals surface area contributed by atoms with Crippen molar-refractivity contribution < 1.29 is 19.1 Å². The number of benzene rings is 1. The number of aliphatic hydroxyl groups excluding tert-OH is 1. The predicted molar refractivity (Wildman–Crippen MR) is 76.4 cm³/mol. The molecule has 1 aliphatic heterocycles. The van der Waals surface area contributed by atoms with Crippen LogP contribution in [0.1, 0.15) is 36.0 Å². The average Bonchev–Trinajstić information content (AvgIpc) is 2.52. The van der Waals surface area contributed by atoms with Crippen molar-refractivity contribution in [3.05, 3.63) is 35.6 Å². The lowest BCUT2D eigenvalue weighted by Crippen LogP contribution is -2.41. The van der Waals surface area contributed by atoms with Crippen LogP contribution in [-0.4, -0.2) is 41.4 Å². The molecule has 0 aliphatic carbocycles. The van der Waals surface area contributed by atoms with Gasteiger partial charge in [0, 0.05) is 32.5 Å². The van der Waals surface area contributed by atoms with E-state index in [1.807, 2.05) is 0 Å². The molecule has 0 spiro atoms. The zero-order chi connectivity index (χ0) is 15.2. The molecule has 1 saturated heterocycles.